The lowest BCUT2D eigenvalue weighted by molar-refractivity contribution is -0.116. The highest BCUT2D eigenvalue weighted by molar-refractivity contribution is 6.30. The van der Waals surface area contributed by atoms with E-state index < -0.39 is 6.17 Å². The molecule has 0 bridgehead atoms. The van der Waals surface area contributed by atoms with Gasteiger partial charge in [0.25, 0.3) is 0 Å². The molecule has 1 aliphatic carbocycles. The first-order valence-corrected chi connectivity index (χ1v) is 10.9. The minimum atomic E-state index is -0.907. The zero-order valence-corrected chi connectivity index (χ0v) is 19.0. The zero-order valence-electron chi connectivity index (χ0n) is 18.2. The number of amides is 1. The number of carbonyl (C=O) groups is 1. The quantitative estimate of drug-likeness (QED) is 0.600. The average molecular weight is 444 g/mol. The van der Waals surface area contributed by atoms with E-state index in [2.05, 4.69) is 19.2 Å². The Hall–Kier alpha value is -2.53. The van der Waals surface area contributed by atoms with Crippen LogP contribution in [0.15, 0.2) is 30.3 Å². The lowest BCUT2D eigenvalue weighted by atomic mass is 10.0. The molecule has 2 aliphatic rings. The Morgan fingerprint density at radius 1 is 1.32 bits per heavy atom. The standard InChI is InChI=1S/C25H27ClFNO3/c1-14-15(2)22(7-5-16(14)6-8-23(29)28-21-11-20(21)27)30-13-18-10-19(26)9-17-12-25(3,4)31-24(17)18/h5-10,20-21H,11-13H2,1-4H3,(H,28,29)/t20-,21+/m0/s1. The molecule has 2 aromatic carbocycles. The number of rotatable bonds is 6. The maximum Gasteiger partial charge on any atom is 0.244 e. The smallest absolute Gasteiger partial charge is 0.244 e. The Balaban J connectivity index is 1.46. The normalized spacial score (nSPS) is 21.0. The molecule has 0 spiro atoms. The molecule has 6 heteroatoms. The minimum Gasteiger partial charge on any atom is -0.488 e. The predicted molar refractivity (Wildman–Crippen MR) is 121 cm³/mol. The number of fused-ring (bicyclic) bond motifs is 1. The Labute approximate surface area is 187 Å². The number of carbonyl (C=O) groups excluding carboxylic acids is 1. The number of alkyl halides is 1. The number of nitrogens with one attached hydrogen (secondary N) is 1. The summed E-state index contributed by atoms with van der Waals surface area (Å²) in [6.07, 6.45) is 3.51. The van der Waals surface area contributed by atoms with Gasteiger partial charge in [-0.25, -0.2) is 4.39 Å². The second kappa shape index (κ2) is 8.19. The van der Waals surface area contributed by atoms with Gasteiger partial charge in [0.15, 0.2) is 0 Å². The first-order valence-electron chi connectivity index (χ1n) is 10.5. The molecule has 0 aromatic heterocycles. The Kier molecular flexibility index (Phi) is 5.73. The maximum absolute atomic E-state index is 12.9. The van der Waals surface area contributed by atoms with Crippen LogP contribution in [0.3, 0.4) is 0 Å². The van der Waals surface area contributed by atoms with Gasteiger partial charge in [-0.15, -0.1) is 0 Å². The van der Waals surface area contributed by atoms with E-state index in [-0.39, 0.29) is 17.6 Å². The summed E-state index contributed by atoms with van der Waals surface area (Å²) in [7, 11) is 0. The molecule has 1 fully saturated rings. The minimum absolute atomic E-state index is 0.251. The first kappa shape index (κ1) is 21.7. The van der Waals surface area contributed by atoms with E-state index in [1.807, 2.05) is 38.1 Å². The van der Waals surface area contributed by atoms with Crippen molar-refractivity contribution in [3.05, 3.63) is 63.2 Å². The highest BCUT2D eigenvalue weighted by Crippen LogP contribution is 2.40. The number of halogens is 2. The van der Waals surface area contributed by atoms with E-state index >= 15 is 0 Å². The van der Waals surface area contributed by atoms with Crippen LogP contribution in [0.25, 0.3) is 6.08 Å². The lowest BCUT2D eigenvalue weighted by Crippen LogP contribution is -2.25. The van der Waals surface area contributed by atoms with Crippen molar-refractivity contribution in [1.29, 1.82) is 0 Å². The van der Waals surface area contributed by atoms with Crippen molar-refractivity contribution in [3.63, 3.8) is 0 Å². The van der Waals surface area contributed by atoms with Crippen LogP contribution in [0, 0.1) is 13.8 Å². The number of ether oxygens (including phenoxy) is 2. The van der Waals surface area contributed by atoms with Gasteiger partial charge in [-0.05, 0) is 74.2 Å². The molecule has 164 valence electrons. The molecule has 1 aliphatic heterocycles. The van der Waals surface area contributed by atoms with Crippen LogP contribution in [0.4, 0.5) is 4.39 Å². The van der Waals surface area contributed by atoms with Crippen molar-refractivity contribution >= 4 is 23.6 Å². The van der Waals surface area contributed by atoms with Gasteiger partial charge in [0.2, 0.25) is 5.91 Å². The summed E-state index contributed by atoms with van der Waals surface area (Å²) in [4.78, 5) is 11.9. The Morgan fingerprint density at radius 3 is 2.77 bits per heavy atom. The van der Waals surface area contributed by atoms with Crippen LogP contribution in [0.1, 0.15) is 48.1 Å². The molecule has 1 N–H and O–H groups in total. The van der Waals surface area contributed by atoms with E-state index in [1.165, 1.54) is 6.08 Å². The van der Waals surface area contributed by atoms with Crippen LogP contribution in [0.2, 0.25) is 5.02 Å². The Bertz CT molecular complexity index is 1060. The summed E-state index contributed by atoms with van der Waals surface area (Å²) >= 11 is 6.31. The lowest BCUT2D eigenvalue weighted by Gasteiger charge is -2.19. The van der Waals surface area contributed by atoms with Crippen molar-refractivity contribution in [1.82, 2.24) is 5.32 Å². The van der Waals surface area contributed by atoms with Crippen molar-refractivity contribution in [3.8, 4) is 11.5 Å². The highest BCUT2D eigenvalue weighted by atomic mass is 35.5. The third kappa shape index (κ3) is 4.87. The molecule has 1 amide bonds. The third-order valence-corrected chi connectivity index (χ3v) is 6.04. The molecule has 31 heavy (non-hydrogen) atoms. The van der Waals surface area contributed by atoms with Gasteiger partial charge in [-0.1, -0.05) is 17.7 Å². The van der Waals surface area contributed by atoms with Gasteiger partial charge < -0.3 is 14.8 Å². The fourth-order valence-electron chi connectivity index (χ4n) is 3.87. The van der Waals surface area contributed by atoms with Crippen molar-refractivity contribution in [2.45, 2.75) is 65.0 Å². The number of hydrogen-bond acceptors (Lipinski definition) is 3. The van der Waals surface area contributed by atoms with Gasteiger partial charge in [0.05, 0.1) is 6.04 Å². The topological polar surface area (TPSA) is 47.6 Å². The third-order valence-electron chi connectivity index (χ3n) is 5.82. The summed E-state index contributed by atoms with van der Waals surface area (Å²) in [5, 5.41) is 3.32. The molecule has 2 atom stereocenters. The van der Waals surface area contributed by atoms with Gasteiger partial charge in [-0.3, -0.25) is 4.79 Å². The molecule has 0 radical (unpaired) electrons. The van der Waals surface area contributed by atoms with E-state index in [0.29, 0.717) is 18.1 Å². The fourth-order valence-corrected chi connectivity index (χ4v) is 4.13. The first-order chi connectivity index (χ1) is 14.6. The van der Waals surface area contributed by atoms with Gasteiger partial charge >= 0.3 is 0 Å². The van der Waals surface area contributed by atoms with Gasteiger partial charge in [0.1, 0.15) is 29.9 Å². The fraction of sp³-hybridized carbons (Fsp3) is 0.400. The van der Waals surface area contributed by atoms with Gasteiger partial charge in [0, 0.05) is 29.5 Å². The second-order valence-electron chi connectivity index (χ2n) is 8.98. The summed E-state index contributed by atoms with van der Waals surface area (Å²) in [5.41, 5.74) is 4.71. The van der Waals surface area contributed by atoms with Crippen LogP contribution in [-0.2, 0) is 17.8 Å². The van der Waals surface area contributed by atoms with E-state index in [9.17, 15) is 9.18 Å². The molecular formula is C25H27ClFNO3. The second-order valence-corrected chi connectivity index (χ2v) is 9.42. The molecule has 0 saturated heterocycles. The van der Waals surface area contributed by atoms with E-state index in [0.717, 1.165) is 45.7 Å². The molecule has 2 aromatic rings. The summed E-state index contributed by atoms with van der Waals surface area (Å²) in [6.45, 7) is 8.45. The molecule has 4 nitrogen and oxygen atoms in total. The summed E-state index contributed by atoms with van der Waals surface area (Å²) in [5.74, 6) is 1.35. The zero-order chi connectivity index (χ0) is 22.3. The van der Waals surface area contributed by atoms with Crippen molar-refractivity contribution in [2.75, 3.05) is 0 Å². The molecule has 4 rings (SSSR count). The van der Waals surface area contributed by atoms with Crippen molar-refractivity contribution < 1.29 is 18.7 Å². The van der Waals surface area contributed by atoms with E-state index in [4.69, 9.17) is 21.1 Å². The van der Waals surface area contributed by atoms with E-state index in [1.54, 1.807) is 6.08 Å². The van der Waals surface area contributed by atoms with Crippen LogP contribution in [0.5, 0.6) is 11.5 Å². The molecule has 1 heterocycles. The average Bonchev–Trinajstić information content (AvgIpc) is 3.27. The molecule has 0 unspecified atom stereocenters. The number of hydrogen-bond donors (Lipinski definition) is 1. The Morgan fingerprint density at radius 2 is 2.06 bits per heavy atom. The number of benzene rings is 2. The summed E-state index contributed by atoms with van der Waals surface area (Å²) in [6, 6.07) is 7.32. The van der Waals surface area contributed by atoms with Crippen molar-refractivity contribution in [2.24, 2.45) is 0 Å². The monoisotopic (exact) mass is 443 g/mol. The largest absolute Gasteiger partial charge is 0.488 e. The van der Waals surface area contributed by atoms with Gasteiger partial charge in [-0.2, -0.15) is 0 Å². The summed E-state index contributed by atoms with van der Waals surface area (Å²) < 4.78 is 25.2. The molecule has 1 saturated carbocycles. The highest BCUT2D eigenvalue weighted by Gasteiger charge is 2.38. The molecular weight excluding hydrogens is 417 g/mol. The maximum atomic E-state index is 12.9. The van der Waals surface area contributed by atoms with Crippen LogP contribution >= 0.6 is 11.6 Å². The van der Waals surface area contributed by atoms with Crippen LogP contribution in [-0.4, -0.2) is 23.7 Å². The predicted octanol–water partition coefficient (Wildman–Crippen LogP) is 5.49. The van der Waals surface area contributed by atoms with Crippen LogP contribution < -0.4 is 14.8 Å². The SMILES string of the molecule is Cc1c(C=CC(=O)N[C@@H]2C[C@@H]2F)ccc(OCc2cc(Cl)cc3c2OC(C)(C)C3)c1C.